The summed E-state index contributed by atoms with van der Waals surface area (Å²) in [7, 11) is 0. The van der Waals surface area contributed by atoms with Crippen LogP contribution in [0.25, 0.3) is 0 Å². The molecule has 0 bridgehead atoms. The van der Waals surface area contributed by atoms with E-state index in [1.54, 1.807) is 6.92 Å². The molecule has 1 aliphatic heterocycles. The normalized spacial score (nSPS) is 18.1. The number of phenols is 1. The van der Waals surface area contributed by atoms with Crippen molar-refractivity contribution in [1.82, 2.24) is 15.8 Å². The van der Waals surface area contributed by atoms with Gasteiger partial charge in [-0.2, -0.15) is 5.01 Å². The van der Waals surface area contributed by atoms with Crippen LogP contribution in [-0.2, 0) is 20.7 Å². The molecule has 1 heterocycles. The van der Waals surface area contributed by atoms with Gasteiger partial charge in [0.15, 0.2) is 6.61 Å². The maximum Gasteiger partial charge on any atom is 0.344 e. The number of ether oxygens (including phenoxy) is 1. The predicted octanol–water partition coefficient (Wildman–Crippen LogP) is 1.52. The van der Waals surface area contributed by atoms with Crippen molar-refractivity contribution in [3.05, 3.63) is 65.7 Å². The number of phenolic OH excluding ortho intramolecular Hbond substituents is 1. The Morgan fingerprint density at radius 1 is 1.10 bits per heavy atom. The van der Waals surface area contributed by atoms with E-state index in [0.717, 1.165) is 5.56 Å². The number of para-hydroxylation sites is 1. The number of hydrogen-bond acceptors (Lipinski definition) is 6. The molecule has 0 unspecified atom stereocenters. The van der Waals surface area contributed by atoms with Crippen molar-refractivity contribution in [1.29, 1.82) is 0 Å². The van der Waals surface area contributed by atoms with Gasteiger partial charge in [0.25, 0.3) is 11.8 Å². The molecule has 1 fully saturated rings. The lowest BCUT2D eigenvalue weighted by molar-refractivity contribution is -0.140. The summed E-state index contributed by atoms with van der Waals surface area (Å²) in [6, 6.07) is 14.4. The Morgan fingerprint density at radius 2 is 1.77 bits per heavy atom. The number of benzene rings is 2. The molecule has 9 nitrogen and oxygen atoms in total. The fraction of sp³-hybridized carbons (Fsp3) is 0.238. The maximum atomic E-state index is 12.7. The van der Waals surface area contributed by atoms with Gasteiger partial charge in [0.2, 0.25) is 0 Å². The third-order valence-electron chi connectivity index (χ3n) is 4.71. The van der Waals surface area contributed by atoms with Crippen molar-refractivity contribution in [2.24, 2.45) is 0 Å². The van der Waals surface area contributed by atoms with Gasteiger partial charge in [-0.05, 0) is 37.5 Å². The molecule has 2 aromatic rings. The number of nitrogens with one attached hydrogen (secondary N) is 2. The lowest BCUT2D eigenvalue weighted by Crippen LogP contribution is -2.50. The molecule has 1 aliphatic rings. The van der Waals surface area contributed by atoms with E-state index in [4.69, 9.17) is 4.74 Å². The number of amides is 4. The zero-order valence-corrected chi connectivity index (χ0v) is 16.3. The third kappa shape index (κ3) is 4.57. The lowest BCUT2D eigenvalue weighted by atomic mass is 9.93. The van der Waals surface area contributed by atoms with Crippen LogP contribution in [-0.4, -0.2) is 46.1 Å². The second-order valence-corrected chi connectivity index (χ2v) is 7.02. The summed E-state index contributed by atoms with van der Waals surface area (Å²) in [5.74, 6) is -2.67. The van der Waals surface area contributed by atoms with E-state index >= 15 is 0 Å². The van der Waals surface area contributed by atoms with E-state index in [-0.39, 0.29) is 11.3 Å². The fourth-order valence-electron chi connectivity index (χ4n) is 3.01. The van der Waals surface area contributed by atoms with Crippen LogP contribution in [0.5, 0.6) is 5.75 Å². The number of hydrazine groups is 1. The Hall–Kier alpha value is -3.88. The van der Waals surface area contributed by atoms with Gasteiger partial charge in [-0.25, -0.2) is 9.59 Å². The van der Waals surface area contributed by atoms with Crippen LogP contribution in [0.4, 0.5) is 4.79 Å². The van der Waals surface area contributed by atoms with Gasteiger partial charge in [0.05, 0.1) is 0 Å². The van der Waals surface area contributed by atoms with Crippen LogP contribution in [0.3, 0.4) is 0 Å². The second-order valence-electron chi connectivity index (χ2n) is 7.02. The molecule has 0 aliphatic carbocycles. The van der Waals surface area contributed by atoms with Gasteiger partial charge in [0, 0.05) is 0 Å². The number of aromatic hydroxyl groups is 1. The van der Waals surface area contributed by atoms with Crippen LogP contribution < -0.4 is 10.7 Å². The van der Waals surface area contributed by atoms with Crippen LogP contribution in [0.15, 0.2) is 54.6 Å². The van der Waals surface area contributed by atoms with Crippen molar-refractivity contribution in [3.63, 3.8) is 0 Å². The van der Waals surface area contributed by atoms with E-state index in [1.165, 1.54) is 24.3 Å². The molecular formula is C21H21N3O6. The van der Waals surface area contributed by atoms with Crippen molar-refractivity contribution in [3.8, 4) is 5.75 Å². The van der Waals surface area contributed by atoms with Crippen molar-refractivity contribution < 1.29 is 29.0 Å². The van der Waals surface area contributed by atoms with E-state index in [9.17, 15) is 24.3 Å². The Kier molecular flexibility index (Phi) is 6.01. The largest absolute Gasteiger partial charge is 0.507 e. The standard InChI is InChI=1S/C21H21N3O6/c1-21(12-11-14-7-3-2-4-8-14)19(28)24(20(29)22-21)23-17(26)13-30-18(27)15-9-5-6-10-16(15)25/h2-10,25H,11-13H2,1H3,(H,22,29)(H,23,26)/t21-/m0/s1. The number of urea groups is 1. The highest BCUT2D eigenvalue weighted by atomic mass is 16.5. The molecule has 156 valence electrons. The molecule has 1 saturated heterocycles. The smallest absolute Gasteiger partial charge is 0.344 e. The van der Waals surface area contributed by atoms with Crippen LogP contribution >= 0.6 is 0 Å². The Balaban J connectivity index is 1.55. The van der Waals surface area contributed by atoms with Gasteiger partial charge < -0.3 is 15.2 Å². The van der Waals surface area contributed by atoms with Gasteiger partial charge >= 0.3 is 12.0 Å². The summed E-state index contributed by atoms with van der Waals surface area (Å²) in [6.07, 6.45) is 0.902. The van der Waals surface area contributed by atoms with Crippen LogP contribution in [0, 0.1) is 0 Å². The number of carbonyl (C=O) groups is 4. The molecule has 30 heavy (non-hydrogen) atoms. The first-order valence-electron chi connectivity index (χ1n) is 9.25. The van der Waals surface area contributed by atoms with Gasteiger partial charge in [-0.15, -0.1) is 0 Å². The third-order valence-corrected chi connectivity index (χ3v) is 4.71. The van der Waals surface area contributed by atoms with Crippen molar-refractivity contribution in [2.45, 2.75) is 25.3 Å². The first-order chi connectivity index (χ1) is 14.3. The first-order valence-corrected chi connectivity index (χ1v) is 9.25. The molecule has 2 aromatic carbocycles. The minimum absolute atomic E-state index is 0.103. The number of carbonyl (C=O) groups excluding carboxylic acids is 4. The number of nitrogens with zero attached hydrogens (tertiary/aromatic N) is 1. The summed E-state index contributed by atoms with van der Waals surface area (Å²) < 4.78 is 4.83. The molecule has 0 aromatic heterocycles. The zero-order valence-electron chi connectivity index (χ0n) is 16.3. The lowest BCUT2D eigenvalue weighted by Gasteiger charge is -2.21. The van der Waals surface area contributed by atoms with Gasteiger partial charge in [-0.1, -0.05) is 42.5 Å². The number of esters is 1. The first kappa shape index (κ1) is 20.8. The van der Waals surface area contributed by atoms with Gasteiger partial charge in [0.1, 0.15) is 16.9 Å². The summed E-state index contributed by atoms with van der Waals surface area (Å²) in [6.45, 7) is 0.853. The molecule has 4 amide bonds. The van der Waals surface area contributed by atoms with Crippen LogP contribution in [0.2, 0.25) is 0 Å². The highest BCUT2D eigenvalue weighted by Crippen LogP contribution is 2.22. The minimum atomic E-state index is -1.17. The highest BCUT2D eigenvalue weighted by Gasteiger charge is 2.48. The quantitative estimate of drug-likeness (QED) is 0.469. The SMILES string of the molecule is C[C@@]1(CCc2ccccc2)NC(=O)N(NC(=O)COC(=O)c2ccccc2O)C1=O. The van der Waals surface area contributed by atoms with Gasteiger partial charge in [-0.3, -0.25) is 15.0 Å². The number of hydrogen-bond donors (Lipinski definition) is 3. The Labute approximate surface area is 172 Å². The number of rotatable bonds is 7. The monoisotopic (exact) mass is 411 g/mol. The molecular weight excluding hydrogens is 390 g/mol. The van der Waals surface area contributed by atoms with E-state index in [0.29, 0.717) is 17.9 Å². The second kappa shape index (κ2) is 8.64. The number of imide groups is 1. The van der Waals surface area contributed by atoms with E-state index < -0.39 is 36.0 Å². The van der Waals surface area contributed by atoms with E-state index in [2.05, 4.69) is 10.7 Å². The Bertz CT molecular complexity index is 978. The van der Waals surface area contributed by atoms with Crippen molar-refractivity contribution >= 4 is 23.8 Å². The van der Waals surface area contributed by atoms with E-state index in [1.807, 2.05) is 30.3 Å². The number of aryl methyl sites for hydroxylation is 1. The molecule has 9 heteroatoms. The summed E-state index contributed by atoms with van der Waals surface area (Å²) in [5, 5.41) is 12.8. The molecule has 3 N–H and O–H groups in total. The molecule has 0 spiro atoms. The summed E-state index contributed by atoms with van der Waals surface area (Å²) in [4.78, 5) is 48.9. The zero-order chi connectivity index (χ0) is 21.7. The summed E-state index contributed by atoms with van der Waals surface area (Å²) in [5.41, 5.74) is 1.88. The predicted molar refractivity (Wildman–Crippen MR) is 105 cm³/mol. The average Bonchev–Trinajstić information content (AvgIpc) is 2.95. The van der Waals surface area contributed by atoms with Crippen molar-refractivity contribution in [2.75, 3.05) is 6.61 Å². The Morgan fingerprint density at radius 3 is 2.47 bits per heavy atom. The maximum absolute atomic E-state index is 12.7. The molecule has 0 radical (unpaired) electrons. The topological polar surface area (TPSA) is 125 Å². The molecule has 3 rings (SSSR count). The minimum Gasteiger partial charge on any atom is -0.507 e. The molecule has 0 saturated carbocycles. The fourth-order valence-corrected chi connectivity index (χ4v) is 3.01. The highest BCUT2D eigenvalue weighted by molar-refractivity contribution is 6.07. The molecule has 1 atom stereocenters. The summed E-state index contributed by atoms with van der Waals surface area (Å²) >= 11 is 0. The average molecular weight is 411 g/mol. The van der Waals surface area contributed by atoms with Crippen LogP contribution in [0.1, 0.15) is 29.3 Å².